The number of likely N-dealkylation sites (tertiary alicyclic amines) is 1. The normalized spacial score (nSPS) is 16.5. The number of carbonyl (C=O) groups is 1. The summed E-state index contributed by atoms with van der Waals surface area (Å²) in [7, 11) is 1.57. The van der Waals surface area contributed by atoms with Gasteiger partial charge in [-0.25, -0.2) is 4.39 Å². The van der Waals surface area contributed by atoms with Crippen molar-refractivity contribution < 1.29 is 24.1 Å². The van der Waals surface area contributed by atoms with Gasteiger partial charge < -0.3 is 19.8 Å². The van der Waals surface area contributed by atoms with E-state index in [-0.39, 0.29) is 5.82 Å². The molecule has 0 amide bonds. The highest BCUT2D eigenvalue weighted by Gasteiger charge is 2.41. The average Bonchev–Trinajstić information content (AvgIpc) is 2.91. The quantitative estimate of drug-likeness (QED) is 0.295. The molecule has 1 saturated heterocycles. The minimum Gasteiger partial charge on any atom is -0.497 e. The van der Waals surface area contributed by atoms with E-state index in [9.17, 15) is 19.4 Å². The van der Waals surface area contributed by atoms with Crippen molar-refractivity contribution in [3.63, 3.8) is 0 Å². The first-order valence-electron chi connectivity index (χ1n) is 12.8. The molecule has 2 aromatic carbocycles. The maximum Gasteiger partial charge on any atom is 0.309 e. The Labute approximate surface area is 222 Å². The van der Waals surface area contributed by atoms with Gasteiger partial charge in [0, 0.05) is 17.1 Å². The second kappa shape index (κ2) is 12.2. The van der Waals surface area contributed by atoms with Crippen LogP contribution in [0, 0.1) is 11.2 Å². The maximum atomic E-state index is 13.1. The third kappa shape index (κ3) is 6.58. The standard InChI is InChI=1S/C29H34ClFN2O4/c1-37-22-9-10-25-23(18-22)27(24(30)19-32-25)26(34)11-12-29(28(35)36)13-16-33(17-14-29)15-3-2-4-20-5-7-21(31)8-6-20/h5-10,18-19,26,34H,2-4,11-17H2,1H3,(H,35,36)/t26-/m1/s1. The molecule has 1 atom stereocenters. The molecule has 1 aliphatic rings. The maximum absolute atomic E-state index is 13.1. The smallest absolute Gasteiger partial charge is 0.309 e. The Morgan fingerprint density at radius 1 is 1.19 bits per heavy atom. The number of piperidine rings is 1. The summed E-state index contributed by atoms with van der Waals surface area (Å²) in [5.41, 5.74) is 1.52. The third-order valence-corrected chi connectivity index (χ3v) is 7.97. The number of carboxylic acid groups (broad SMARTS) is 1. The number of fused-ring (bicyclic) bond motifs is 1. The van der Waals surface area contributed by atoms with Crippen molar-refractivity contribution in [2.24, 2.45) is 5.41 Å². The largest absolute Gasteiger partial charge is 0.497 e. The molecule has 37 heavy (non-hydrogen) atoms. The summed E-state index contributed by atoms with van der Waals surface area (Å²) in [6.45, 7) is 2.35. The molecule has 0 spiro atoms. The SMILES string of the molecule is COc1ccc2ncc(Cl)c([C@H](O)CCC3(C(=O)O)CCN(CCCCc4ccc(F)cc4)CC3)c2c1. The Hall–Kier alpha value is -2.74. The molecule has 0 bridgehead atoms. The highest BCUT2D eigenvalue weighted by Crippen LogP contribution is 2.41. The molecule has 3 aromatic rings. The number of methoxy groups -OCH3 is 1. The zero-order valence-electron chi connectivity index (χ0n) is 21.1. The van der Waals surface area contributed by atoms with Crippen LogP contribution < -0.4 is 4.74 Å². The lowest BCUT2D eigenvalue weighted by Gasteiger charge is -2.39. The fourth-order valence-electron chi connectivity index (χ4n) is 5.28. The number of nitrogens with zero attached hydrogens (tertiary/aromatic N) is 2. The number of hydrogen-bond donors (Lipinski definition) is 2. The van der Waals surface area contributed by atoms with Gasteiger partial charge in [0.25, 0.3) is 0 Å². The molecule has 0 unspecified atom stereocenters. The Bertz CT molecular complexity index is 1210. The van der Waals surface area contributed by atoms with Gasteiger partial charge in [0.2, 0.25) is 0 Å². The molecule has 0 radical (unpaired) electrons. The highest BCUT2D eigenvalue weighted by molar-refractivity contribution is 6.32. The summed E-state index contributed by atoms with van der Waals surface area (Å²) in [4.78, 5) is 19.0. The molecule has 8 heteroatoms. The monoisotopic (exact) mass is 528 g/mol. The minimum atomic E-state index is -0.911. The summed E-state index contributed by atoms with van der Waals surface area (Å²) in [5, 5.41) is 22.3. The van der Waals surface area contributed by atoms with Gasteiger partial charge in [0.1, 0.15) is 11.6 Å². The number of carboxylic acids is 1. The van der Waals surface area contributed by atoms with E-state index in [0.29, 0.717) is 52.9 Å². The van der Waals surface area contributed by atoms with Crippen molar-refractivity contribution in [1.82, 2.24) is 9.88 Å². The molecule has 0 aliphatic carbocycles. The Morgan fingerprint density at radius 2 is 1.92 bits per heavy atom. The van der Waals surface area contributed by atoms with Crippen LogP contribution >= 0.6 is 11.6 Å². The van der Waals surface area contributed by atoms with Crippen LogP contribution in [0.15, 0.2) is 48.7 Å². The molecule has 6 nitrogen and oxygen atoms in total. The number of halogens is 2. The molecular formula is C29H34ClFN2O4. The second-order valence-corrected chi connectivity index (χ2v) is 10.4. The van der Waals surface area contributed by atoms with E-state index < -0.39 is 17.5 Å². The van der Waals surface area contributed by atoms with E-state index in [2.05, 4.69) is 9.88 Å². The van der Waals surface area contributed by atoms with E-state index >= 15 is 0 Å². The molecule has 4 rings (SSSR count). The van der Waals surface area contributed by atoms with Crippen molar-refractivity contribution in [1.29, 1.82) is 0 Å². The van der Waals surface area contributed by atoms with Crippen LogP contribution in [-0.4, -0.2) is 52.8 Å². The van der Waals surface area contributed by atoms with E-state index in [1.165, 1.54) is 18.3 Å². The molecule has 198 valence electrons. The third-order valence-electron chi connectivity index (χ3n) is 7.67. The summed E-state index contributed by atoms with van der Waals surface area (Å²) >= 11 is 6.43. The van der Waals surface area contributed by atoms with Gasteiger partial charge in [0.05, 0.1) is 29.2 Å². The summed E-state index contributed by atoms with van der Waals surface area (Å²) in [6, 6.07) is 12.0. The van der Waals surface area contributed by atoms with Crippen LogP contribution in [0.1, 0.15) is 55.8 Å². The minimum absolute atomic E-state index is 0.219. The summed E-state index contributed by atoms with van der Waals surface area (Å²) < 4.78 is 18.4. The first-order chi connectivity index (χ1) is 17.8. The van der Waals surface area contributed by atoms with E-state index in [4.69, 9.17) is 16.3 Å². The molecule has 2 heterocycles. The van der Waals surface area contributed by atoms with Crippen molar-refractivity contribution in [3.8, 4) is 5.75 Å². The predicted octanol–water partition coefficient (Wildman–Crippen LogP) is 6.04. The van der Waals surface area contributed by atoms with Crippen LogP contribution in [0.5, 0.6) is 5.75 Å². The number of aliphatic carboxylic acids is 1. The van der Waals surface area contributed by atoms with Gasteiger partial charge in [-0.05, 0) is 100 Å². The van der Waals surface area contributed by atoms with Gasteiger partial charge in [-0.2, -0.15) is 0 Å². The van der Waals surface area contributed by atoms with Crippen LogP contribution in [0.3, 0.4) is 0 Å². The lowest BCUT2D eigenvalue weighted by atomic mass is 9.74. The first-order valence-corrected chi connectivity index (χ1v) is 13.2. The summed E-state index contributed by atoms with van der Waals surface area (Å²) in [5.74, 6) is -0.385. The van der Waals surface area contributed by atoms with E-state index in [1.807, 2.05) is 18.2 Å². The van der Waals surface area contributed by atoms with Crippen molar-refractivity contribution >= 4 is 28.5 Å². The topological polar surface area (TPSA) is 82.9 Å². The number of unbranched alkanes of at least 4 members (excludes halogenated alkanes) is 1. The van der Waals surface area contributed by atoms with Gasteiger partial charge in [-0.1, -0.05) is 23.7 Å². The van der Waals surface area contributed by atoms with Gasteiger partial charge in [-0.3, -0.25) is 9.78 Å². The fraction of sp³-hybridized carbons (Fsp3) is 0.448. The van der Waals surface area contributed by atoms with Gasteiger partial charge in [0.15, 0.2) is 0 Å². The van der Waals surface area contributed by atoms with Crippen molar-refractivity contribution in [3.05, 3.63) is 70.6 Å². The van der Waals surface area contributed by atoms with E-state index in [0.717, 1.165) is 44.5 Å². The summed E-state index contributed by atoms with van der Waals surface area (Å²) in [6.07, 6.45) is 5.28. The van der Waals surface area contributed by atoms with Crippen LogP contribution in [-0.2, 0) is 11.2 Å². The van der Waals surface area contributed by atoms with Crippen LogP contribution in [0.4, 0.5) is 4.39 Å². The van der Waals surface area contributed by atoms with Crippen LogP contribution in [0.2, 0.25) is 5.02 Å². The number of pyridine rings is 1. The number of ether oxygens (including phenoxy) is 1. The number of aliphatic hydroxyl groups excluding tert-OH is 1. The Morgan fingerprint density at radius 3 is 2.59 bits per heavy atom. The molecule has 1 aliphatic heterocycles. The Balaban J connectivity index is 1.32. The Kier molecular flexibility index (Phi) is 9.00. The van der Waals surface area contributed by atoms with Crippen LogP contribution in [0.25, 0.3) is 10.9 Å². The highest BCUT2D eigenvalue weighted by atomic mass is 35.5. The zero-order chi connectivity index (χ0) is 26.4. The van der Waals surface area contributed by atoms with Gasteiger partial charge >= 0.3 is 5.97 Å². The number of aliphatic hydroxyl groups is 1. The van der Waals surface area contributed by atoms with Gasteiger partial charge in [-0.15, -0.1) is 0 Å². The number of hydrogen-bond acceptors (Lipinski definition) is 5. The number of benzene rings is 2. The lowest BCUT2D eigenvalue weighted by molar-refractivity contribution is -0.153. The molecule has 1 aromatic heterocycles. The first kappa shape index (κ1) is 27.3. The second-order valence-electron chi connectivity index (χ2n) is 9.97. The number of aryl methyl sites for hydroxylation is 1. The fourth-order valence-corrected chi connectivity index (χ4v) is 5.56. The zero-order valence-corrected chi connectivity index (χ0v) is 21.9. The molecule has 0 saturated carbocycles. The molecule has 1 fully saturated rings. The number of aromatic nitrogens is 1. The van der Waals surface area contributed by atoms with Crippen molar-refractivity contribution in [2.45, 2.75) is 51.0 Å². The predicted molar refractivity (Wildman–Crippen MR) is 143 cm³/mol. The van der Waals surface area contributed by atoms with E-state index in [1.54, 1.807) is 19.2 Å². The van der Waals surface area contributed by atoms with Crippen molar-refractivity contribution in [2.75, 3.05) is 26.7 Å². The molecular weight excluding hydrogens is 495 g/mol. The molecule has 2 N–H and O–H groups in total. The lowest BCUT2D eigenvalue weighted by Crippen LogP contribution is -2.44. The number of rotatable bonds is 11. The average molecular weight is 529 g/mol.